The van der Waals surface area contributed by atoms with Gasteiger partial charge >= 0.3 is 5.97 Å². The molecule has 374 valence electrons. The molecule has 0 atom stereocenters. The number of rotatable bonds is 14. The summed E-state index contributed by atoms with van der Waals surface area (Å²) >= 11 is 1.58. The first kappa shape index (κ1) is 51.7. The number of quaternary nitrogens is 1. The molecular weight excluding hydrogens is 957 g/mol. The van der Waals surface area contributed by atoms with Gasteiger partial charge in [0.2, 0.25) is 25.7 Å². The predicted molar refractivity (Wildman–Crippen MR) is 280 cm³/mol. The summed E-state index contributed by atoms with van der Waals surface area (Å²) in [7, 11) is 5.78. The van der Waals surface area contributed by atoms with Crippen molar-refractivity contribution in [2.24, 2.45) is 0 Å². The Morgan fingerprint density at radius 2 is 1.51 bits per heavy atom. The van der Waals surface area contributed by atoms with Crippen molar-refractivity contribution in [2.75, 3.05) is 67.3 Å². The molecular formula is C54H64N6O8S3+2. The topological polar surface area (TPSA) is 153 Å². The summed E-state index contributed by atoms with van der Waals surface area (Å²) in [4.78, 5) is 47.1. The summed E-state index contributed by atoms with van der Waals surface area (Å²) in [5.74, 6) is -1.89. The lowest BCUT2D eigenvalue weighted by Crippen LogP contribution is -2.41. The Hall–Kier alpha value is -5.69. The van der Waals surface area contributed by atoms with Crippen LogP contribution in [0.15, 0.2) is 134 Å². The highest BCUT2D eigenvalue weighted by Gasteiger charge is 2.45. The first-order valence-electron chi connectivity index (χ1n) is 23.7. The number of hydrogen-bond donors (Lipinski definition) is 1. The van der Waals surface area contributed by atoms with E-state index in [1.54, 1.807) is 48.2 Å². The number of carbonyl (C=O) groups excluding carboxylic acids is 3. The van der Waals surface area contributed by atoms with E-state index in [2.05, 4.69) is 72.3 Å². The molecule has 0 aromatic heterocycles. The van der Waals surface area contributed by atoms with Crippen LogP contribution in [0.5, 0.6) is 0 Å². The highest BCUT2D eigenvalue weighted by molar-refractivity contribution is 8.03. The zero-order valence-electron chi connectivity index (χ0n) is 42.4. The van der Waals surface area contributed by atoms with Gasteiger partial charge in [0.1, 0.15) is 7.05 Å². The number of nitrogens with one attached hydrogen (secondary N) is 1. The van der Waals surface area contributed by atoms with Crippen LogP contribution in [0, 0.1) is 0 Å². The lowest BCUT2D eigenvalue weighted by atomic mass is 9.78. The number of nitrogens with zero attached hydrogens (tertiary/aromatic N) is 5. The Kier molecular flexibility index (Phi) is 13.9. The second-order valence-corrected chi connectivity index (χ2v) is 25.8. The van der Waals surface area contributed by atoms with Gasteiger partial charge in [-0.1, -0.05) is 43.8 Å². The largest absolute Gasteiger partial charge is 0.363 e. The highest BCUT2D eigenvalue weighted by atomic mass is 32.2. The maximum absolute atomic E-state index is 13.6. The van der Waals surface area contributed by atoms with Crippen molar-refractivity contribution in [3.63, 3.8) is 0 Å². The number of sulfonamides is 2. The van der Waals surface area contributed by atoms with E-state index < -0.39 is 48.7 Å². The normalized spacial score (nSPS) is 19.4. The van der Waals surface area contributed by atoms with Gasteiger partial charge in [0.15, 0.2) is 5.71 Å². The fraction of sp³-hybridized carbons (Fsp3) is 0.370. The molecule has 0 spiro atoms. The molecule has 1 saturated heterocycles. The lowest BCUT2D eigenvalue weighted by Gasteiger charge is -2.25. The van der Waals surface area contributed by atoms with Crippen LogP contribution in [0.3, 0.4) is 0 Å². The van der Waals surface area contributed by atoms with E-state index in [9.17, 15) is 31.2 Å². The van der Waals surface area contributed by atoms with Crippen molar-refractivity contribution < 1.29 is 45.1 Å². The molecule has 4 aromatic carbocycles. The monoisotopic (exact) mass is 1020 g/mol. The van der Waals surface area contributed by atoms with Crippen LogP contribution in [0.1, 0.15) is 81.3 Å². The SMILES string of the molecule is CN1/C(=C/C=C2\CCCC(/C=C/C3=[N+](C)c4ccc5ccc(S(=O)(=O)NCC[N+](C)(C)C)cc5c4C3(C)C)=C2Sc2ccc(C(=O)ON3C(=O)CCC3=O)cc2)C(C)(C)c2cc(S(=O)(=O)N(C)C)ccc21. The molecule has 8 rings (SSSR count). The third-order valence-electron chi connectivity index (χ3n) is 14.0. The minimum Gasteiger partial charge on any atom is -0.347 e. The molecule has 2 amide bonds. The van der Waals surface area contributed by atoms with Gasteiger partial charge in [-0.3, -0.25) is 9.59 Å². The smallest absolute Gasteiger partial charge is 0.347 e. The number of anilines is 1. The van der Waals surface area contributed by atoms with E-state index in [-0.39, 0.29) is 28.2 Å². The molecule has 3 aliphatic heterocycles. The average Bonchev–Trinajstić information content (AvgIpc) is 3.80. The van der Waals surface area contributed by atoms with Gasteiger partial charge < -0.3 is 14.2 Å². The summed E-state index contributed by atoms with van der Waals surface area (Å²) in [6.45, 7) is 9.53. The Bertz CT molecular complexity index is 3270. The summed E-state index contributed by atoms with van der Waals surface area (Å²) in [5, 5.41) is 2.38. The quantitative estimate of drug-likeness (QED) is 0.0742. The third-order valence-corrected chi connectivity index (χ3v) is 18.5. The number of allylic oxidation sites excluding steroid dienone is 7. The van der Waals surface area contributed by atoms with Crippen molar-refractivity contribution in [3.05, 3.63) is 136 Å². The third kappa shape index (κ3) is 9.96. The Morgan fingerprint density at radius 1 is 0.845 bits per heavy atom. The van der Waals surface area contributed by atoms with Crippen molar-refractivity contribution in [1.82, 2.24) is 14.1 Å². The summed E-state index contributed by atoms with van der Waals surface area (Å²) < 4.78 is 60.5. The van der Waals surface area contributed by atoms with Crippen LogP contribution < -0.4 is 9.62 Å². The standard InChI is InChI=1S/C54H64N6O8S3/c1-53(2)43-34-41(71(66,67)56(5)6)24-26-44(43)57(7)46(53)27-19-36-13-12-14-37(51(36)69-39-21-15-38(16-22-39)52(63)68-59-48(61)29-30-49(59)62)20-28-47-54(3,4)50-42-33-40(70(64,65)55-31-32-60(9,10)11)23-17-35(42)18-25-45(50)58(47)8/h15-28,33-34,55H,12-14,29-32H2,1-11H3/q+2. The molecule has 1 N–H and O–H groups in total. The fourth-order valence-corrected chi connectivity index (χ4v) is 13.0. The molecule has 0 unspecified atom stereocenters. The van der Waals surface area contributed by atoms with Gasteiger partial charge in [0, 0.05) is 78.3 Å². The molecule has 3 heterocycles. The molecule has 4 aromatic rings. The van der Waals surface area contributed by atoms with Gasteiger partial charge in [-0.2, -0.15) is 4.58 Å². The molecule has 14 nitrogen and oxygen atoms in total. The van der Waals surface area contributed by atoms with Crippen molar-refractivity contribution >= 4 is 77.5 Å². The number of benzene rings is 4. The summed E-state index contributed by atoms with van der Waals surface area (Å²) in [6, 6.07) is 21.7. The van der Waals surface area contributed by atoms with Crippen LogP contribution in [-0.4, -0.2) is 121 Å². The number of imide groups is 1. The number of hydrogen-bond acceptors (Lipinski definition) is 10. The number of fused-ring (bicyclic) bond motifs is 4. The van der Waals surface area contributed by atoms with Gasteiger partial charge in [-0.15, -0.1) is 5.06 Å². The van der Waals surface area contributed by atoms with Crippen molar-refractivity contribution in [1.29, 1.82) is 0 Å². The fourth-order valence-electron chi connectivity index (χ4n) is 9.95. The van der Waals surface area contributed by atoms with Crippen LogP contribution in [0.25, 0.3) is 10.8 Å². The Balaban J connectivity index is 1.16. The zero-order chi connectivity index (χ0) is 51.6. The first-order chi connectivity index (χ1) is 33.2. The van der Waals surface area contributed by atoms with Crippen LogP contribution >= 0.6 is 11.8 Å². The minimum absolute atomic E-state index is 0.00267. The van der Waals surface area contributed by atoms with Gasteiger partial charge in [0.25, 0.3) is 11.8 Å². The number of likely N-dealkylation sites (N-methyl/N-ethyl adjacent to an activating group) is 2. The van der Waals surface area contributed by atoms with Crippen molar-refractivity contribution in [3.8, 4) is 0 Å². The molecule has 0 radical (unpaired) electrons. The Labute approximate surface area is 422 Å². The lowest BCUT2D eigenvalue weighted by molar-refractivity contribution is -0.869. The second-order valence-electron chi connectivity index (χ2n) is 20.8. The van der Waals surface area contributed by atoms with Gasteiger partial charge in [0.05, 0.1) is 55.0 Å². The molecule has 0 bridgehead atoms. The average molecular weight is 1020 g/mol. The van der Waals surface area contributed by atoms with E-state index in [0.717, 1.165) is 84.9 Å². The molecule has 71 heavy (non-hydrogen) atoms. The zero-order valence-corrected chi connectivity index (χ0v) is 44.9. The maximum Gasteiger partial charge on any atom is 0.363 e. The number of hydroxylamine groups is 2. The Morgan fingerprint density at radius 3 is 2.17 bits per heavy atom. The molecule has 17 heteroatoms. The van der Waals surface area contributed by atoms with E-state index in [0.29, 0.717) is 22.6 Å². The summed E-state index contributed by atoms with van der Waals surface area (Å²) in [5.41, 5.74) is 7.35. The molecule has 4 aliphatic rings. The second kappa shape index (κ2) is 19.1. The van der Waals surface area contributed by atoms with Gasteiger partial charge in [-0.05, 0) is 127 Å². The highest BCUT2D eigenvalue weighted by Crippen LogP contribution is 2.49. The predicted octanol–water partition coefficient (Wildman–Crippen LogP) is 8.33. The van der Waals surface area contributed by atoms with E-state index in [1.165, 1.54) is 18.4 Å². The van der Waals surface area contributed by atoms with Crippen LogP contribution in [-0.2, 0) is 45.3 Å². The van der Waals surface area contributed by atoms with Crippen LogP contribution in [0.2, 0.25) is 0 Å². The van der Waals surface area contributed by atoms with E-state index in [1.807, 2.05) is 65.6 Å². The molecule has 1 fully saturated rings. The number of carbonyl (C=O) groups is 3. The van der Waals surface area contributed by atoms with Gasteiger partial charge in [-0.25, -0.2) is 30.7 Å². The summed E-state index contributed by atoms with van der Waals surface area (Å²) in [6.07, 6.45) is 11.2. The number of amides is 2. The minimum atomic E-state index is -3.77. The first-order valence-corrected chi connectivity index (χ1v) is 27.4. The maximum atomic E-state index is 13.6. The molecule has 1 aliphatic carbocycles. The van der Waals surface area contributed by atoms with E-state index >= 15 is 0 Å². The number of thioether (sulfide) groups is 1. The van der Waals surface area contributed by atoms with Crippen LogP contribution in [0.4, 0.5) is 11.4 Å². The van der Waals surface area contributed by atoms with Crippen molar-refractivity contribution in [2.45, 2.75) is 85.3 Å². The van der Waals surface area contributed by atoms with E-state index in [4.69, 9.17) is 4.84 Å². The molecule has 0 saturated carbocycles.